The quantitative estimate of drug-likeness (QED) is 0.578. The molecule has 0 saturated carbocycles. The lowest BCUT2D eigenvalue weighted by atomic mass is 10.0. The van der Waals surface area contributed by atoms with Crippen LogP contribution in [0.2, 0.25) is 0 Å². The lowest BCUT2D eigenvalue weighted by Crippen LogP contribution is -2.11. The smallest absolute Gasteiger partial charge is 0.249 e. The summed E-state index contributed by atoms with van der Waals surface area (Å²) in [6.07, 6.45) is 0. The van der Waals surface area contributed by atoms with Gasteiger partial charge < -0.3 is 10.3 Å². The Morgan fingerprint density at radius 3 is 2.42 bits per heavy atom. The molecule has 4 aromatic rings. The number of carbonyl (C=O) groups is 1. The maximum atomic E-state index is 12.0. The molecule has 3 nitrogen and oxygen atoms in total. The molecule has 0 bridgehead atoms. The van der Waals surface area contributed by atoms with Crippen molar-refractivity contribution in [2.45, 2.75) is 27.3 Å². The van der Waals surface area contributed by atoms with E-state index >= 15 is 0 Å². The van der Waals surface area contributed by atoms with E-state index in [1.54, 1.807) is 6.07 Å². The lowest BCUT2D eigenvalue weighted by molar-refractivity contribution is 0.100. The average Bonchev–Trinajstić information content (AvgIpc) is 2.91. The molecule has 1 radical (unpaired) electrons. The van der Waals surface area contributed by atoms with E-state index in [2.05, 4.69) is 61.7 Å². The number of hydrogen-bond donors (Lipinski definition) is 1. The van der Waals surface area contributed by atoms with Crippen LogP contribution in [0.1, 0.15) is 32.6 Å². The Morgan fingerprint density at radius 2 is 1.73 bits per heavy atom. The minimum Gasteiger partial charge on any atom is -0.366 e. The first-order valence-corrected chi connectivity index (χ1v) is 8.75. The molecule has 0 spiro atoms. The van der Waals surface area contributed by atoms with Crippen molar-refractivity contribution in [2.24, 2.45) is 5.73 Å². The molecule has 0 aliphatic carbocycles. The number of fused-ring (bicyclic) bond motifs is 3. The lowest BCUT2D eigenvalue weighted by Gasteiger charge is -2.13. The van der Waals surface area contributed by atoms with E-state index in [0.717, 1.165) is 33.9 Å². The van der Waals surface area contributed by atoms with Crippen molar-refractivity contribution in [1.82, 2.24) is 4.57 Å². The summed E-state index contributed by atoms with van der Waals surface area (Å²) in [5.74, 6) is -0.407. The normalized spacial score (nSPS) is 11.3. The van der Waals surface area contributed by atoms with Crippen LogP contribution in [0.25, 0.3) is 21.8 Å². The maximum absolute atomic E-state index is 12.0. The summed E-state index contributed by atoms with van der Waals surface area (Å²) in [7, 11) is 0. The third kappa shape index (κ3) is 2.48. The summed E-state index contributed by atoms with van der Waals surface area (Å²) in [6.45, 7) is 7.09. The van der Waals surface area contributed by atoms with Crippen LogP contribution < -0.4 is 5.73 Å². The van der Waals surface area contributed by atoms with Crippen LogP contribution in [-0.2, 0) is 6.54 Å². The Hall–Kier alpha value is -3.07. The molecule has 129 valence electrons. The van der Waals surface area contributed by atoms with Crippen LogP contribution in [0.3, 0.4) is 0 Å². The third-order valence-electron chi connectivity index (χ3n) is 5.16. The molecule has 0 aliphatic heterocycles. The predicted octanol–water partition coefficient (Wildman–Crippen LogP) is 4.67. The highest BCUT2D eigenvalue weighted by Crippen LogP contribution is 2.33. The fourth-order valence-corrected chi connectivity index (χ4v) is 3.79. The van der Waals surface area contributed by atoms with Gasteiger partial charge in [0.25, 0.3) is 0 Å². The largest absolute Gasteiger partial charge is 0.366 e. The van der Waals surface area contributed by atoms with Crippen molar-refractivity contribution < 1.29 is 4.79 Å². The molecule has 0 fully saturated rings. The van der Waals surface area contributed by atoms with Gasteiger partial charge in [0.05, 0.1) is 11.0 Å². The Labute approximate surface area is 153 Å². The van der Waals surface area contributed by atoms with E-state index in [0.29, 0.717) is 5.56 Å². The van der Waals surface area contributed by atoms with Crippen molar-refractivity contribution in [3.05, 3.63) is 82.4 Å². The molecule has 1 heterocycles. The van der Waals surface area contributed by atoms with E-state index in [9.17, 15) is 4.79 Å². The van der Waals surface area contributed by atoms with E-state index in [1.807, 2.05) is 12.1 Å². The fraction of sp³-hybridized carbons (Fsp3) is 0.174. The molecule has 0 aliphatic rings. The van der Waals surface area contributed by atoms with Gasteiger partial charge in [-0.05, 0) is 67.3 Å². The van der Waals surface area contributed by atoms with Crippen molar-refractivity contribution in [1.29, 1.82) is 0 Å². The molecular weight excluding hydrogens is 320 g/mol. The van der Waals surface area contributed by atoms with Gasteiger partial charge >= 0.3 is 0 Å². The number of amides is 1. The van der Waals surface area contributed by atoms with Gasteiger partial charge in [-0.15, -0.1) is 0 Å². The van der Waals surface area contributed by atoms with Gasteiger partial charge in [-0.2, -0.15) is 0 Å². The van der Waals surface area contributed by atoms with Crippen LogP contribution in [0.4, 0.5) is 0 Å². The van der Waals surface area contributed by atoms with Crippen LogP contribution in [0.15, 0.2) is 48.5 Å². The summed E-state index contributed by atoms with van der Waals surface area (Å²) in [6, 6.07) is 19.6. The predicted molar refractivity (Wildman–Crippen MR) is 107 cm³/mol. The van der Waals surface area contributed by atoms with Gasteiger partial charge in [0.2, 0.25) is 5.91 Å². The number of aryl methyl sites for hydroxylation is 3. The molecule has 0 saturated heterocycles. The van der Waals surface area contributed by atoms with E-state index in [1.165, 1.54) is 16.7 Å². The third-order valence-corrected chi connectivity index (χ3v) is 5.16. The summed E-state index contributed by atoms with van der Waals surface area (Å²) >= 11 is 0. The van der Waals surface area contributed by atoms with Crippen molar-refractivity contribution in [3.8, 4) is 0 Å². The Morgan fingerprint density at radius 1 is 1.04 bits per heavy atom. The standard InChI is InChI=1S/C23H21N2O/c1-14-10-11-17-21(12-14)25(13-19-15(2)6-4-7-16(19)3)20-9-5-8-18(22(17)20)23(24)26/h4-10,12H,13H2,1-3H3,(H2,24,26). The van der Waals surface area contributed by atoms with Gasteiger partial charge in [-0.3, -0.25) is 4.79 Å². The van der Waals surface area contributed by atoms with Crippen LogP contribution in [-0.4, -0.2) is 10.5 Å². The van der Waals surface area contributed by atoms with Gasteiger partial charge in [-0.1, -0.05) is 30.3 Å². The fourth-order valence-electron chi connectivity index (χ4n) is 3.79. The first-order valence-electron chi connectivity index (χ1n) is 8.75. The Balaban J connectivity index is 2.09. The molecule has 2 N–H and O–H groups in total. The maximum Gasteiger partial charge on any atom is 0.249 e. The van der Waals surface area contributed by atoms with Crippen molar-refractivity contribution in [2.75, 3.05) is 0 Å². The first kappa shape index (κ1) is 16.4. The summed E-state index contributed by atoms with van der Waals surface area (Å²) in [5.41, 5.74) is 13.3. The van der Waals surface area contributed by atoms with Crippen LogP contribution >= 0.6 is 0 Å². The second-order valence-electron chi connectivity index (χ2n) is 6.96. The highest BCUT2D eigenvalue weighted by Gasteiger charge is 2.17. The second-order valence-corrected chi connectivity index (χ2v) is 6.96. The molecule has 4 rings (SSSR count). The number of rotatable bonds is 3. The Bertz CT molecular complexity index is 1150. The molecule has 0 atom stereocenters. The highest BCUT2D eigenvalue weighted by atomic mass is 16.1. The highest BCUT2D eigenvalue weighted by molar-refractivity contribution is 6.17. The van der Waals surface area contributed by atoms with E-state index < -0.39 is 5.91 Å². The topological polar surface area (TPSA) is 48.0 Å². The minimum atomic E-state index is -0.407. The van der Waals surface area contributed by atoms with Crippen molar-refractivity contribution in [3.63, 3.8) is 0 Å². The van der Waals surface area contributed by atoms with E-state index in [-0.39, 0.29) is 0 Å². The number of nitrogens with zero attached hydrogens (tertiary/aromatic N) is 1. The average molecular weight is 341 g/mol. The second kappa shape index (κ2) is 6.03. The first-order chi connectivity index (χ1) is 12.5. The zero-order valence-corrected chi connectivity index (χ0v) is 15.3. The number of hydrogen-bond acceptors (Lipinski definition) is 1. The molecule has 1 amide bonds. The number of primary amides is 1. The molecule has 3 heteroatoms. The van der Waals surface area contributed by atoms with Gasteiger partial charge in [-0.25, -0.2) is 0 Å². The molecule has 3 aromatic carbocycles. The van der Waals surface area contributed by atoms with Crippen LogP contribution in [0, 0.1) is 26.8 Å². The molecular formula is C23H21N2O. The van der Waals surface area contributed by atoms with E-state index in [4.69, 9.17) is 5.73 Å². The summed E-state index contributed by atoms with van der Waals surface area (Å²) in [4.78, 5) is 12.0. The summed E-state index contributed by atoms with van der Waals surface area (Å²) in [5, 5.41) is 1.84. The number of nitrogens with two attached hydrogens (primary N) is 1. The molecule has 26 heavy (non-hydrogen) atoms. The monoisotopic (exact) mass is 341 g/mol. The van der Waals surface area contributed by atoms with Crippen molar-refractivity contribution >= 4 is 27.7 Å². The molecule has 0 unspecified atom stereocenters. The Kier molecular flexibility index (Phi) is 3.80. The zero-order valence-electron chi connectivity index (χ0n) is 15.3. The summed E-state index contributed by atoms with van der Waals surface area (Å²) < 4.78 is 2.27. The minimum absolute atomic E-state index is 0.407. The van der Waals surface area contributed by atoms with Crippen LogP contribution in [0.5, 0.6) is 0 Å². The van der Waals surface area contributed by atoms with Gasteiger partial charge in [0, 0.05) is 22.9 Å². The number of benzene rings is 3. The zero-order chi connectivity index (χ0) is 18.4. The SMILES string of the molecule is Cc1c[c]c2c3c(C(N)=O)cccc3n(Cc3c(C)cccc3C)c2c1. The number of aromatic nitrogens is 1. The van der Waals surface area contributed by atoms with Gasteiger partial charge in [0.1, 0.15) is 0 Å². The molecule has 1 aromatic heterocycles. The van der Waals surface area contributed by atoms with Gasteiger partial charge in [0.15, 0.2) is 0 Å². The number of carbonyl (C=O) groups excluding carboxylic acids is 1.